The van der Waals surface area contributed by atoms with Gasteiger partial charge < -0.3 is 5.32 Å². The van der Waals surface area contributed by atoms with E-state index in [9.17, 15) is 0 Å². The summed E-state index contributed by atoms with van der Waals surface area (Å²) in [5, 5.41) is 3.71. The molecule has 0 bridgehead atoms. The lowest BCUT2D eigenvalue weighted by Gasteiger charge is -2.27. The third-order valence-electron chi connectivity index (χ3n) is 4.10. The van der Waals surface area contributed by atoms with Crippen LogP contribution in [0.4, 0.5) is 0 Å². The molecule has 94 valence electrons. The lowest BCUT2D eigenvalue weighted by atomic mass is 9.87. The second kappa shape index (κ2) is 5.68. The Kier molecular flexibility index (Phi) is 4.22. The highest BCUT2D eigenvalue weighted by atomic mass is 14.9. The van der Waals surface area contributed by atoms with Gasteiger partial charge in [-0.2, -0.15) is 0 Å². The number of nitrogens with one attached hydrogen (secondary N) is 1. The summed E-state index contributed by atoms with van der Waals surface area (Å²) >= 11 is 0. The van der Waals surface area contributed by atoms with Gasteiger partial charge in [0.2, 0.25) is 0 Å². The van der Waals surface area contributed by atoms with E-state index in [1.54, 1.807) is 0 Å². The van der Waals surface area contributed by atoms with Gasteiger partial charge in [0.15, 0.2) is 0 Å². The predicted molar refractivity (Wildman–Crippen MR) is 74.2 cm³/mol. The summed E-state index contributed by atoms with van der Waals surface area (Å²) in [6.07, 6.45) is 5.52. The first-order chi connectivity index (χ1) is 8.15. The fourth-order valence-electron chi connectivity index (χ4n) is 2.80. The number of benzene rings is 1. The number of rotatable bonds is 3. The largest absolute Gasteiger partial charge is 0.310 e. The van der Waals surface area contributed by atoms with Gasteiger partial charge in [0, 0.05) is 12.6 Å². The summed E-state index contributed by atoms with van der Waals surface area (Å²) in [7, 11) is 0. The summed E-state index contributed by atoms with van der Waals surface area (Å²) in [6, 6.07) is 7.53. The average Bonchev–Trinajstić information content (AvgIpc) is 2.31. The molecule has 1 aliphatic carbocycles. The molecule has 1 fully saturated rings. The molecular weight excluding hydrogens is 206 g/mol. The van der Waals surface area contributed by atoms with E-state index in [4.69, 9.17) is 0 Å². The van der Waals surface area contributed by atoms with Gasteiger partial charge in [-0.05, 0) is 49.3 Å². The van der Waals surface area contributed by atoms with Crippen LogP contribution in [0.1, 0.15) is 49.3 Å². The molecule has 1 aromatic carbocycles. The van der Waals surface area contributed by atoms with Crippen LogP contribution in [0.15, 0.2) is 18.2 Å². The summed E-state index contributed by atoms with van der Waals surface area (Å²) in [4.78, 5) is 0. The van der Waals surface area contributed by atoms with Crippen LogP contribution in [0.25, 0.3) is 0 Å². The highest BCUT2D eigenvalue weighted by molar-refractivity contribution is 5.29. The molecule has 1 aliphatic rings. The Morgan fingerprint density at radius 2 is 2.00 bits per heavy atom. The van der Waals surface area contributed by atoms with Crippen LogP contribution in [0.5, 0.6) is 0 Å². The van der Waals surface area contributed by atoms with Crippen molar-refractivity contribution in [2.24, 2.45) is 5.92 Å². The molecule has 2 rings (SSSR count). The topological polar surface area (TPSA) is 12.0 Å². The zero-order chi connectivity index (χ0) is 12.3. The molecule has 1 saturated carbocycles. The van der Waals surface area contributed by atoms with E-state index in [0.717, 1.165) is 18.5 Å². The minimum Gasteiger partial charge on any atom is -0.310 e. The van der Waals surface area contributed by atoms with Crippen LogP contribution in [-0.4, -0.2) is 6.04 Å². The van der Waals surface area contributed by atoms with E-state index in [1.165, 1.54) is 42.4 Å². The second-order valence-electron chi connectivity index (χ2n) is 5.77. The number of hydrogen-bond acceptors (Lipinski definition) is 1. The molecule has 1 N–H and O–H groups in total. The highest BCUT2D eigenvalue weighted by Crippen LogP contribution is 2.23. The first kappa shape index (κ1) is 12.6. The minimum absolute atomic E-state index is 0.736. The maximum Gasteiger partial charge on any atom is 0.0208 e. The summed E-state index contributed by atoms with van der Waals surface area (Å²) in [5.41, 5.74) is 4.22. The SMILES string of the molecule is Cc1ccc(CNC2CCCC(C)C2)cc1C. The zero-order valence-corrected chi connectivity index (χ0v) is 11.4. The Balaban J connectivity index is 1.86. The quantitative estimate of drug-likeness (QED) is 0.830. The first-order valence-electron chi connectivity index (χ1n) is 6.94. The summed E-state index contributed by atoms with van der Waals surface area (Å²) in [5.74, 6) is 0.904. The molecule has 17 heavy (non-hydrogen) atoms. The Morgan fingerprint density at radius 3 is 2.71 bits per heavy atom. The molecule has 0 spiro atoms. The maximum atomic E-state index is 3.71. The molecule has 0 aromatic heterocycles. The molecule has 1 heteroatoms. The molecule has 0 saturated heterocycles. The van der Waals surface area contributed by atoms with Crippen molar-refractivity contribution >= 4 is 0 Å². The summed E-state index contributed by atoms with van der Waals surface area (Å²) in [6.45, 7) is 7.78. The molecule has 1 nitrogen and oxygen atoms in total. The van der Waals surface area contributed by atoms with Crippen molar-refractivity contribution in [1.29, 1.82) is 0 Å². The van der Waals surface area contributed by atoms with Crippen molar-refractivity contribution in [1.82, 2.24) is 5.32 Å². The van der Waals surface area contributed by atoms with Crippen LogP contribution < -0.4 is 5.32 Å². The van der Waals surface area contributed by atoms with Crippen LogP contribution >= 0.6 is 0 Å². The van der Waals surface area contributed by atoms with Crippen LogP contribution in [0, 0.1) is 19.8 Å². The zero-order valence-electron chi connectivity index (χ0n) is 11.4. The van der Waals surface area contributed by atoms with Gasteiger partial charge >= 0.3 is 0 Å². The van der Waals surface area contributed by atoms with Crippen molar-refractivity contribution in [2.45, 2.75) is 59.0 Å². The Hall–Kier alpha value is -0.820. The Morgan fingerprint density at radius 1 is 1.18 bits per heavy atom. The fraction of sp³-hybridized carbons (Fsp3) is 0.625. The smallest absolute Gasteiger partial charge is 0.0208 e. The van der Waals surface area contributed by atoms with Gasteiger partial charge in [-0.1, -0.05) is 38.0 Å². The third-order valence-corrected chi connectivity index (χ3v) is 4.10. The van der Waals surface area contributed by atoms with E-state index in [0.29, 0.717) is 0 Å². The predicted octanol–water partition coefficient (Wildman–Crippen LogP) is 3.97. The van der Waals surface area contributed by atoms with Gasteiger partial charge in [0.05, 0.1) is 0 Å². The lowest BCUT2D eigenvalue weighted by molar-refractivity contribution is 0.300. The molecule has 2 atom stereocenters. The van der Waals surface area contributed by atoms with Crippen LogP contribution in [0.3, 0.4) is 0 Å². The van der Waals surface area contributed by atoms with E-state index < -0.39 is 0 Å². The first-order valence-corrected chi connectivity index (χ1v) is 6.94. The van der Waals surface area contributed by atoms with Gasteiger partial charge in [0.1, 0.15) is 0 Å². The van der Waals surface area contributed by atoms with Gasteiger partial charge in [-0.25, -0.2) is 0 Å². The normalized spacial score (nSPS) is 24.9. The van der Waals surface area contributed by atoms with E-state index in [1.807, 2.05) is 0 Å². The average molecular weight is 231 g/mol. The maximum absolute atomic E-state index is 3.71. The number of aryl methyl sites for hydroxylation is 2. The van der Waals surface area contributed by atoms with E-state index >= 15 is 0 Å². The van der Waals surface area contributed by atoms with Gasteiger partial charge in [0.25, 0.3) is 0 Å². The van der Waals surface area contributed by atoms with Crippen LogP contribution in [0.2, 0.25) is 0 Å². The van der Waals surface area contributed by atoms with E-state index in [2.05, 4.69) is 44.3 Å². The molecule has 0 radical (unpaired) electrons. The van der Waals surface area contributed by atoms with Gasteiger partial charge in [-0.15, -0.1) is 0 Å². The summed E-state index contributed by atoms with van der Waals surface area (Å²) < 4.78 is 0. The van der Waals surface area contributed by atoms with Crippen molar-refractivity contribution in [3.05, 3.63) is 34.9 Å². The van der Waals surface area contributed by atoms with Crippen molar-refractivity contribution in [3.63, 3.8) is 0 Å². The lowest BCUT2D eigenvalue weighted by Crippen LogP contribution is -2.33. The van der Waals surface area contributed by atoms with Gasteiger partial charge in [-0.3, -0.25) is 0 Å². The molecular formula is C16H25N. The minimum atomic E-state index is 0.736. The Labute approximate surface area is 106 Å². The van der Waals surface area contributed by atoms with E-state index in [-0.39, 0.29) is 0 Å². The monoisotopic (exact) mass is 231 g/mol. The van der Waals surface area contributed by atoms with Crippen molar-refractivity contribution in [3.8, 4) is 0 Å². The molecule has 0 aliphatic heterocycles. The fourth-order valence-corrected chi connectivity index (χ4v) is 2.80. The molecule has 0 heterocycles. The standard InChI is InChI=1S/C16H25N/c1-12-5-4-6-16(9-12)17-11-15-8-7-13(2)14(3)10-15/h7-8,10,12,16-17H,4-6,9,11H2,1-3H3. The highest BCUT2D eigenvalue weighted by Gasteiger charge is 2.17. The molecule has 2 unspecified atom stereocenters. The second-order valence-corrected chi connectivity index (χ2v) is 5.77. The molecule has 0 amide bonds. The van der Waals surface area contributed by atoms with Crippen molar-refractivity contribution < 1.29 is 0 Å². The number of hydrogen-bond donors (Lipinski definition) is 1. The molecule has 1 aromatic rings. The Bertz CT molecular complexity index is 370. The van der Waals surface area contributed by atoms with Crippen molar-refractivity contribution in [2.75, 3.05) is 0 Å². The third kappa shape index (κ3) is 3.57. The van der Waals surface area contributed by atoms with Crippen LogP contribution in [-0.2, 0) is 6.54 Å².